The third-order valence-corrected chi connectivity index (χ3v) is 5.16. The van der Waals surface area contributed by atoms with E-state index in [4.69, 9.17) is 4.74 Å². The van der Waals surface area contributed by atoms with Gasteiger partial charge in [-0.3, -0.25) is 4.79 Å². The van der Waals surface area contributed by atoms with Gasteiger partial charge < -0.3 is 14.5 Å². The van der Waals surface area contributed by atoms with Gasteiger partial charge in [-0.2, -0.15) is 0 Å². The van der Waals surface area contributed by atoms with Gasteiger partial charge in [0.2, 0.25) is 5.91 Å². The Morgan fingerprint density at radius 3 is 2.95 bits per heavy atom. The Morgan fingerprint density at radius 2 is 2.21 bits per heavy atom. The SMILES string of the molecule is CC(=O)N1CCC[C@@]2(CCN(C[C@@H]3CCOC3)C2)C1. The lowest BCUT2D eigenvalue weighted by molar-refractivity contribution is -0.132. The molecule has 0 aromatic carbocycles. The van der Waals surface area contributed by atoms with Crippen molar-refractivity contribution in [2.45, 2.75) is 32.6 Å². The molecule has 3 fully saturated rings. The first-order valence-corrected chi connectivity index (χ1v) is 7.73. The van der Waals surface area contributed by atoms with Crippen molar-refractivity contribution in [3.63, 3.8) is 0 Å². The second kappa shape index (κ2) is 5.41. The number of ether oxygens (including phenoxy) is 1. The van der Waals surface area contributed by atoms with Gasteiger partial charge in [0.05, 0.1) is 6.61 Å². The number of amides is 1. The van der Waals surface area contributed by atoms with Crippen LogP contribution in [0.2, 0.25) is 0 Å². The topological polar surface area (TPSA) is 32.8 Å². The minimum Gasteiger partial charge on any atom is -0.381 e. The number of nitrogens with zero attached hydrogens (tertiary/aromatic N) is 2. The van der Waals surface area contributed by atoms with Crippen LogP contribution in [-0.4, -0.2) is 61.6 Å². The first-order chi connectivity index (χ1) is 9.17. The number of carbonyl (C=O) groups excluding carboxylic acids is 1. The van der Waals surface area contributed by atoms with Crippen molar-refractivity contribution in [1.82, 2.24) is 9.80 Å². The maximum Gasteiger partial charge on any atom is 0.219 e. The van der Waals surface area contributed by atoms with Crippen molar-refractivity contribution >= 4 is 5.91 Å². The molecule has 0 bridgehead atoms. The second-order valence-corrected chi connectivity index (χ2v) is 6.76. The maximum absolute atomic E-state index is 11.6. The number of hydrogen-bond acceptors (Lipinski definition) is 3. The summed E-state index contributed by atoms with van der Waals surface area (Å²) >= 11 is 0. The zero-order valence-electron chi connectivity index (χ0n) is 12.1. The van der Waals surface area contributed by atoms with Gasteiger partial charge in [-0.05, 0) is 38.1 Å². The number of rotatable bonds is 2. The fraction of sp³-hybridized carbons (Fsp3) is 0.933. The molecule has 0 N–H and O–H groups in total. The van der Waals surface area contributed by atoms with Gasteiger partial charge in [0.1, 0.15) is 0 Å². The molecule has 0 unspecified atom stereocenters. The predicted molar refractivity (Wildman–Crippen MR) is 73.9 cm³/mol. The predicted octanol–water partition coefficient (Wildman–Crippen LogP) is 1.36. The van der Waals surface area contributed by atoms with E-state index in [2.05, 4.69) is 9.80 Å². The van der Waals surface area contributed by atoms with E-state index in [0.717, 1.165) is 32.2 Å². The van der Waals surface area contributed by atoms with Crippen LogP contribution in [0.3, 0.4) is 0 Å². The first-order valence-electron chi connectivity index (χ1n) is 7.73. The van der Waals surface area contributed by atoms with Gasteiger partial charge in [0.15, 0.2) is 0 Å². The van der Waals surface area contributed by atoms with Crippen LogP contribution < -0.4 is 0 Å². The van der Waals surface area contributed by atoms with E-state index in [1.54, 1.807) is 6.92 Å². The van der Waals surface area contributed by atoms with E-state index in [1.807, 2.05) is 0 Å². The maximum atomic E-state index is 11.6. The summed E-state index contributed by atoms with van der Waals surface area (Å²) in [5, 5.41) is 0. The van der Waals surface area contributed by atoms with Gasteiger partial charge in [0, 0.05) is 45.1 Å². The third-order valence-electron chi connectivity index (χ3n) is 5.16. The third kappa shape index (κ3) is 2.95. The fourth-order valence-electron chi connectivity index (χ4n) is 4.09. The van der Waals surface area contributed by atoms with Crippen LogP contribution in [-0.2, 0) is 9.53 Å². The van der Waals surface area contributed by atoms with Gasteiger partial charge in [-0.1, -0.05) is 0 Å². The van der Waals surface area contributed by atoms with Crippen LogP contribution in [0.5, 0.6) is 0 Å². The highest BCUT2D eigenvalue weighted by Crippen LogP contribution is 2.39. The smallest absolute Gasteiger partial charge is 0.219 e. The van der Waals surface area contributed by atoms with Gasteiger partial charge >= 0.3 is 0 Å². The zero-order chi connectivity index (χ0) is 13.3. The summed E-state index contributed by atoms with van der Waals surface area (Å²) in [5.74, 6) is 0.990. The van der Waals surface area contributed by atoms with Crippen molar-refractivity contribution in [2.75, 3.05) is 45.9 Å². The highest BCUT2D eigenvalue weighted by atomic mass is 16.5. The number of piperidine rings is 1. The number of hydrogen-bond donors (Lipinski definition) is 0. The highest BCUT2D eigenvalue weighted by molar-refractivity contribution is 5.73. The average Bonchev–Trinajstić information content (AvgIpc) is 3.01. The van der Waals surface area contributed by atoms with Gasteiger partial charge in [-0.15, -0.1) is 0 Å². The van der Waals surface area contributed by atoms with Crippen molar-refractivity contribution < 1.29 is 9.53 Å². The van der Waals surface area contributed by atoms with Crippen molar-refractivity contribution in [2.24, 2.45) is 11.3 Å². The number of carbonyl (C=O) groups is 1. The molecule has 19 heavy (non-hydrogen) atoms. The first kappa shape index (κ1) is 13.4. The molecule has 0 saturated carbocycles. The Labute approximate surface area is 116 Å². The molecule has 2 atom stereocenters. The quantitative estimate of drug-likeness (QED) is 0.756. The summed E-state index contributed by atoms with van der Waals surface area (Å²) in [6, 6.07) is 0. The van der Waals surface area contributed by atoms with Crippen molar-refractivity contribution in [1.29, 1.82) is 0 Å². The molecule has 3 saturated heterocycles. The molecule has 1 amide bonds. The normalized spacial score (nSPS) is 36.3. The fourth-order valence-corrected chi connectivity index (χ4v) is 4.09. The molecule has 4 nitrogen and oxygen atoms in total. The molecule has 3 heterocycles. The van der Waals surface area contributed by atoms with Crippen molar-refractivity contribution in [3.8, 4) is 0 Å². The second-order valence-electron chi connectivity index (χ2n) is 6.76. The number of likely N-dealkylation sites (tertiary alicyclic amines) is 2. The Hall–Kier alpha value is -0.610. The van der Waals surface area contributed by atoms with Crippen LogP contribution in [0, 0.1) is 11.3 Å². The molecule has 0 aliphatic carbocycles. The lowest BCUT2D eigenvalue weighted by Gasteiger charge is -2.40. The Morgan fingerprint density at radius 1 is 1.32 bits per heavy atom. The van der Waals surface area contributed by atoms with Crippen LogP contribution in [0.1, 0.15) is 32.6 Å². The lowest BCUT2D eigenvalue weighted by Crippen LogP contribution is -2.46. The Kier molecular flexibility index (Phi) is 3.81. The Bertz CT molecular complexity index is 341. The lowest BCUT2D eigenvalue weighted by atomic mass is 9.79. The van der Waals surface area contributed by atoms with E-state index in [0.29, 0.717) is 5.41 Å². The molecule has 3 aliphatic heterocycles. The molecule has 4 heteroatoms. The molecule has 3 aliphatic rings. The van der Waals surface area contributed by atoms with Crippen LogP contribution >= 0.6 is 0 Å². The van der Waals surface area contributed by atoms with Gasteiger partial charge in [-0.25, -0.2) is 0 Å². The Balaban J connectivity index is 1.55. The molecular formula is C15H26N2O2. The summed E-state index contributed by atoms with van der Waals surface area (Å²) in [7, 11) is 0. The largest absolute Gasteiger partial charge is 0.381 e. The molecule has 0 aromatic rings. The van der Waals surface area contributed by atoms with E-state index in [9.17, 15) is 4.79 Å². The summed E-state index contributed by atoms with van der Waals surface area (Å²) in [5.41, 5.74) is 0.392. The summed E-state index contributed by atoms with van der Waals surface area (Å²) in [4.78, 5) is 16.3. The summed E-state index contributed by atoms with van der Waals surface area (Å²) < 4.78 is 5.47. The van der Waals surface area contributed by atoms with E-state index >= 15 is 0 Å². The van der Waals surface area contributed by atoms with Crippen LogP contribution in [0.4, 0.5) is 0 Å². The van der Waals surface area contributed by atoms with Crippen molar-refractivity contribution in [3.05, 3.63) is 0 Å². The standard InChI is InChI=1S/C15H26N2O2/c1-13(18)17-6-2-4-15(12-17)5-7-16(11-15)9-14-3-8-19-10-14/h14H,2-12H2,1H3/t14-,15-/m0/s1. The molecule has 108 valence electrons. The highest BCUT2D eigenvalue weighted by Gasteiger charge is 2.42. The van der Waals surface area contributed by atoms with E-state index in [1.165, 1.54) is 45.3 Å². The summed E-state index contributed by atoms with van der Waals surface area (Å²) in [6.45, 7) is 9.15. The average molecular weight is 266 g/mol. The van der Waals surface area contributed by atoms with Crippen LogP contribution in [0.25, 0.3) is 0 Å². The molecule has 3 rings (SSSR count). The molecule has 1 spiro atoms. The molecule has 0 radical (unpaired) electrons. The minimum atomic E-state index is 0.252. The summed E-state index contributed by atoms with van der Waals surface area (Å²) in [6.07, 6.45) is 4.97. The zero-order valence-corrected chi connectivity index (χ0v) is 12.1. The van der Waals surface area contributed by atoms with E-state index in [-0.39, 0.29) is 5.91 Å². The van der Waals surface area contributed by atoms with Crippen LogP contribution in [0.15, 0.2) is 0 Å². The molecule has 0 aromatic heterocycles. The minimum absolute atomic E-state index is 0.252. The van der Waals surface area contributed by atoms with E-state index < -0.39 is 0 Å². The van der Waals surface area contributed by atoms with Gasteiger partial charge in [0.25, 0.3) is 0 Å². The monoisotopic (exact) mass is 266 g/mol. The molecular weight excluding hydrogens is 240 g/mol.